The maximum Gasteiger partial charge on any atom is 0.150 e. The van der Waals surface area contributed by atoms with E-state index in [1.54, 1.807) is 6.26 Å². The van der Waals surface area contributed by atoms with E-state index in [4.69, 9.17) is 4.74 Å². The highest BCUT2D eigenvalue weighted by molar-refractivity contribution is 7.84. The van der Waals surface area contributed by atoms with Crippen LogP contribution in [0.1, 0.15) is 41.8 Å². The molecule has 2 aromatic rings. The van der Waals surface area contributed by atoms with Crippen LogP contribution in [0.4, 0.5) is 0 Å². The number of hydrogen-bond acceptors (Lipinski definition) is 3. The molecule has 0 aliphatic rings. The number of aryl methyl sites for hydroxylation is 2. The van der Waals surface area contributed by atoms with Crippen molar-refractivity contribution in [1.82, 2.24) is 0 Å². The van der Waals surface area contributed by atoms with E-state index < -0.39 is 10.8 Å². The highest BCUT2D eigenvalue weighted by Crippen LogP contribution is 2.33. The summed E-state index contributed by atoms with van der Waals surface area (Å²) in [7, 11) is -0.776. The molecular weight excluding hydrogens is 332 g/mol. The van der Waals surface area contributed by atoms with Gasteiger partial charge in [-0.25, -0.2) is 0 Å². The number of rotatable bonds is 9. The molecular formula is C21H26O3S. The first-order valence-electron chi connectivity index (χ1n) is 8.73. The van der Waals surface area contributed by atoms with Crippen molar-refractivity contribution < 1.29 is 13.7 Å². The van der Waals surface area contributed by atoms with Gasteiger partial charge in [0.25, 0.3) is 0 Å². The minimum Gasteiger partial charge on any atom is -0.494 e. The Morgan fingerprint density at radius 1 is 1.08 bits per heavy atom. The van der Waals surface area contributed by atoms with Crippen LogP contribution in [0.25, 0.3) is 11.1 Å². The second-order valence-electron chi connectivity index (χ2n) is 6.05. The quantitative estimate of drug-likeness (QED) is 0.492. The molecule has 0 bridgehead atoms. The van der Waals surface area contributed by atoms with Crippen LogP contribution in [-0.4, -0.2) is 29.1 Å². The van der Waals surface area contributed by atoms with Gasteiger partial charge in [0.2, 0.25) is 0 Å². The molecule has 0 heterocycles. The predicted molar refractivity (Wildman–Crippen MR) is 105 cm³/mol. The highest BCUT2D eigenvalue weighted by Gasteiger charge is 2.12. The number of hydrogen-bond donors (Lipinski definition) is 0. The van der Waals surface area contributed by atoms with Crippen LogP contribution in [0.3, 0.4) is 0 Å². The van der Waals surface area contributed by atoms with Gasteiger partial charge in [-0.1, -0.05) is 32.0 Å². The van der Waals surface area contributed by atoms with Gasteiger partial charge >= 0.3 is 0 Å². The molecule has 4 heteroatoms. The van der Waals surface area contributed by atoms with E-state index >= 15 is 0 Å². The fourth-order valence-electron chi connectivity index (χ4n) is 2.97. The smallest absolute Gasteiger partial charge is 0.150 e. The van der Waals surface area contributed by atoms with Crippen molar-refractivity contribution in [3.05, 3.63) is 53.1 Å². The number of carbonyl (C=O) groups excluding carboxylic acids is 1. The fourth-order valence-corrected chi connectivity index (χ4v) is 3.49. The minimum atomic E-state index is -0.776. The van der Waals surface area contributed by atoms with Crippen LogP contribution in [0, 0.1) is 0 Å². The molecule has 0 aromatic heterocycles. The van der Waals surface area contributed by atoms with E-state index in [2.05, 4.69) is 32.0 Å². The van der Waals surface area contributed by atoms with Crippen molar-refractivity contribution in [1.29, 1.82) is 0 Å². The van der Waals surface area contributed by atoms with E-state index in [0.717, 1.165) is 36.9 Å². The Bertz CT molecular complexity index is 728. The molecule has 1 atom stereocenters. The molecule has 25 heavy (non-hydrogen) atoms. The summed E-state index contributed by atoms with van der Waals surface area (Å²) in [4.78, 5) is 11.1. The van der Waals surface area contributed by atoms with E-state index in [1.807, 2.05) is 18.2 Å². The highest BCUT2D eigenvalue weighted by atomic mass is 32.2. The van der Waals surface area contributed by atoms with E-state index in [9.17, 15) is 9.00 Å². The SMILES string of the molecule is CCc1cc(OCCCS(C)=O)cc(CC)c1-c1cccc(C=O)c1. The fraction of sp³-hybridized carbons (Fsp3) is 0.381. The summed E-state index contributed by atoms with van der Waals surface area (Å²) in [5, 5.41) is 0. The standard InChI is InChI=1S/C21H26O3S/c1-4-17-13-20(24-10-7-11-25(3)23)14-18(5-2)21(17)19-9-6-8-16(12-19)15-22/h6,8-9,12-15H,4-5,7,10-11H2,1-3H3. The largest absolute Gasteiger partial charge is 0.494 e. The number of ether oxygens (including phenoxy) is 1. The van der Waals surface area contributed by atoms with Crippen LogP contribution in [0.2, 0.25) is 0 Å². The van der Waals surface area contributed by atoms with E-state index in [-0.39, 0.29) is 0 Å². The Hall–Kier alpha value is -1.94. The van der Waals surface area contributed by atoms with Crippen LogP contribution >= 0.6 is 0 Å². The van der Waals surface area contributed by atoms with Crippen molar-refractivity contribution in [3.8, 4) is 16.9 Å². The molecule has 0 aliphatic carbocycles. The maximum absolute atomic E-state index is 11.1. The van der Waals surface area contributed by atoms with Crippen molar-refractivity contribution in [2.75, 3.05) is 18.6 Å². The molecule has 0 saturated carbocycles. The molecule has 2 rings (SSSR count). The van der Waals surface area contributed by atoms with Crippen molar-refractivity contribution in [2.24, 2.45) is 0 Å². The Kier molecular flexibility index (Phi) is 7.38. The van der Waals surface area contributed by atoms with Crippen LogP contribution < -0.4 is 4.74 Å². The van der Waals surface area contributed by atoms with E-state index in [1.165, 1.54) is 16.7 Å². The minimum absolute atomic E-state index is 0.575. The van der Waals surface area contributed by atoms with Crippen LogP contribution in [0.15, 0.2) is 36.4 Å². The zero-order chi connectivity index (χ0) is 18.2. The summed E-state index contributed by atoms with van der Waals surface area (Å²) in [5.41, 5.74) is 5.41. The molecule has 0 aliphatic heterocycles. The number of benzene rings is 2. The van der Waals surface area contributed by atoms with Gasteiger partial charge in [0.1, 0.15) is 12.0 Å². The molecule has 0 spiro atoms. The Balaban J connectivity index is 2.33. The topological polar surface area (TPSA) is 43.4 Å². The summed E-state index contributed by atoms with van der Waals surface area (Å²) >= 11 is 0. The molecule has 0 N–H and O–H groups in total. The molecule has 0 saturated heterocycles. The zero-order valence-electron chi connectivity index (χ0n) is 15.2. The van der Waals surface area contributed by atoms with Crippen molar-refractivity contribution >= 4 is 17.1 Å². The molecule has 0 amide bonds. The van der Waals surface area contributed by atoms with Gasteiger partial charge in [0.15, 0.2) is 0 Å². The lowest BCUT2D eigenvalue weighted by Gasteiger charge is -2.17. The molecule has 0 radical (unpaired) electrons. The predicted octanol–water partition coefficient (Wildman–Crippen LogP) is 4.44. The van der Waals surface area contributed by atoms with Gasteiger partial charge in [-0.05, 0) is 59.7 Å². The first-order valence-corrected chi connectivity index (χ1v) is 10.5. The Morgan fingerprint density at radius 2 is 1.76 bits per heavy atom. The lowest BCUT2D eigenvalue weighted by atomic mass is 9.91. The average molecular weight is 359 g/mol. The summed E-state index contributed by atoms with van der Waals surface area (Å²) in [6, 6.07) is 11.9. The van der Waals surface area contributed by atoms with Crippen LogP contribution in [0.5, 0.6) is 5.75 Å². The molecule has 2 aromatic carbocycles. The molecule has 134 valence electrons. The molecule has 0 fully saturated rings. The average Bonchev–Trinajstić information content (AvgIpc) is 2.64. The third-order valence-electron chi connectivity index (χ3n) is 4.19. The van der Waals surface area contributed by atoms with Gasteiger partial charge in [0, 0.05) is 28.4 Å². The van der Waals surface area contributed by atoms with Gasteiger partial charge in [-0.3, -0.25) is 9.00 Å². The normalized spacial score (nSPS) is 12.0. The van der Waals surface area contributed by atoms with Gasteiger partial charge < -0.3 is 4.74 Å². The Labute approximate surface area is 152 Å². The summed E-state index contributed by atoms with van der Waals surface area (Å²) in [5.74, 6) is 1.53. The zero-order valence-corrected chi connectivity index (χ0v) is 16.0. The summed E-state index contributed by atoms with van der Waals surface area (Å²) in [6.07, 6.45) is 5.17. The van der Waals surface area contributed by atoms with Gasteiger partial charge in [-0.2, -0.15) is 0 Å². The lowest BCUT2D eigenvalue weighted by Crippen LogP contribution is -2.05. The maximum atomic E-state index is 11.1. The van der Waals surface area contributed by atoms with E-state index in [0.29, 0.717) is 17.9 Å². The monoisotopic (exact) mass is 358 g/mol. The van der Waals surface area contributed by atoms with Crippen LogP contribution in [-0.2, 0) is 23.6 Å². The first-order chi connectivity index (χ1) is 12.1. The lowest BCUT2D eigenvalue weighted by molar-refractivity contribution is 0.112. The second-order valence-corrected chi connectivity index (χ2v) is 7.60. The third kappa shape index (κ3) is 5.27. The molecule has 3 nitrogen and oxygen atoms in total. The number of carbonyl (C=O) groups is 1. The van der Waals surface area contributed by atoms with Gasteiger partial charge in [0.05, 0.1) is 6.61 Å². The van der Waals surface area contributed by atoms with Crippen molar-refractivity contribution in [2.45, 2.75) is 33.1 Å². The second kappa shape index (κ2) is 9.52. The van der Waals surface area contributed by atoms with Crippen molar-refractivity contribution in [3.63, 3.8) is 0 Å². The third-order valence-corrected chi connectivity index (χ3v) is 5.06. The first kappa shape index (κ1) is 19.4. The number of aldehydes is 1. The summed E-state index contributed by atoms with van der Waals surface area (Å²) in [6.45, 7) is 4.84. The molecule has 1 unspecified atom stereocenters. The van der Waals surface area contributed by atoms with Gasteiger partial charge in [-0.15, -0.1) is 0 Å². The summed E-state index contributed by atoms with van der Waals surface area (Å²) < 4.78 is 17.0. The Morgan fingerprint density at radius 3 is 2.32 bits per heavy atom.